The summed E-state index contributed by atoms with van der Waals surface area (Å²) in [4.78, 5) is 2.13. The summed E-state index contributed by atoms with van der Waals surface area (Å²) in [7, 11) is 4.13. The third-order valence-corrected chi connectivity index (χ3v) is 5.06. The first-order chi connectivity index (χ1) is 14.0. The van der Waals surface area contributed by atoms with Crippen LogP contribution in [0, 0.1) is 13.8 Å². The third-order valence-electron chi connectivity index (χ3n) is 5.06. The summed E-state index contributed by atoms with van der Waals surface area (Å²) in [6, 6.07) is 13.2. The molecule has 0 N–H and O–H groups in total. The van der Waals surface area contributed by atoms with E-state index in [0.29, 0.717) is 13.2 Å². The van der Waals surface area contributed by atoms with E-state index in [4.69, 9.17) is 9.47 Å². The van der Waals surface area contributed by atoms with Gasteiger partial charge in [0.15, 0.2) is 0 Å². The zero-order valence-corrected chi connectivity index (χ0v) is 18.4. The van der Waals surface area contributed by atoms with Crippen LogP contribution in [0.1, 0.15) is 36.5 Å². The quantitative estimate of drug-likeness (QED) is 0.550. The molecule has 1 aliphatic rings. The first kappa shape index (κ1) is 21.2. The fourth-order valence-electron chi connectivity index (χ4n) is 3.73. The van der Waals surface area contributed by atoms with Crippen molar-refractivity contribution < 1.29 is 9.47 Å². The van der Waals surface area contributed by atoms with E-state index in [-0.39, 0.29) is 0 Å². The average molecular weight is 392 g/mol. The minimum atomic E-state index is 0.657. The smallest absolute Gasteiger partial charge is 0.127 e. The fraction of sp³-hybridized carbons (Fsp3) is 0.385. The summed E-state index contributed by atoms with van der Waals surface area (Å²) in [5, 5.41) is 0. The maximum atomic E-state index is 6.20. The lowest BCUT2D eigenvalue weighted by Gasteiger charge is -2.20. The molecule has 0 aromatic heterocycles. The Morgan fingerprint density at radius 1 is 0.931 bits per heavy atom. The van der Waals surface area contributed by atoms with Crippen molar-refractivity contribution in [3.05, 3.63) is 71.0 Å². The molecule has 3 nitrogen and oxygen atoms in total. The number of nitrogens with zero attached hydrogens (tertiary/aromatic N) is 1. The Morgan fingerprint density at radius 2 is 1.69 bits per heavy atom. The molecule has 3 rings (SSSR count). The van der Waals surface area contributed by atoms with Gasteiger partial charge in [-0.2, -0.15) is 0 Å². The van der Waals surface area contributed by atoms with Gasteiger partial charge in [0.1, 0.15) is 18.1 Å². The molecular weight excluding hydrogens is 358 g/mol. The Bertz CT molecular complexity index is 889. The van der Waals surface area contributed by atoms with Crippen LogP contribution in [0.2, 0.25) is 0 Å². The highest BCUT2D eigenvalue weighted by Gasteiger charge is 2.17. The minimum Gasteiger partial charge on any atom is -0.498 e. The topological polar surface area (TPSA) is 21.7 Å². The second kappa shape index (κ2) is 9.80. The summed E-state index contributed by atoms with van der Waals surface area (Å²) in [6.45, 7) is 8.56. The molecule has 3 heteroatoms. The molecule has 2 aromatic rings. The first-order valence-corrected chi connectivity index (χ1v) is 10.5. The summed E-state index contributed by atoms with van der Waals surface area (Å²) >= 11 is 0. The van der Waals surface area contributed by atoms with Gasteiger partial charge in [-0.1, -0.05) is 47.5 Å². The van der Waals surface area contributed by atoms with E-state index < -0.39 is 0 Å². The molecule has 0 aliphatic heterocycles. The highest BCUT2D eigenvalue weighted by atomic mass is 16.5. The SMILES string of the molecule is CCOC1=C(c2cc(-c3cc(C)cc(C)c3)ccc2OCCN(C)C)C=CCC1. The summed E-state index contributed by atoms with van der Waals surface area (Å²) in [5.41, 5.74) is 7.25. The van der Waals surface area contributed by atoms with Gasteiger partial charge in [0, 0.05) is 24.1 Å². The van der Waals surface area contributed by atoms with Gasteiger partial charge in [-0.3, -0.25) is 0 Å². The van der Waals surface area contributed by atoms with Crippen LogP contribution in [0.4, 0.5) is 0 Å². The number of rotatable bonds is 8. The highest BCUT2D eigenvalue weighted by Crippen LogP contribution is 2.37. The first-order valence-electron chi connectivity index (χ1n) is 10.5. The van der Waals surface area contributed by atoms with Crippen LogP contribution >= 0.6 is 0 Å². The standard InChI is InChI=1S/C26H33NO2/c1-6-28-25-10-8-7-9-23(25)24-18-21(22-16-19(2)15-20(3)17-22)11-12-26(24)29-14-13-27(4)5/h7,9,11-12,15-18H,6,8,10,13-14H2,1-5H3. The van der Waals surface area contributed by atoms with Gasteiger partial charge in [-0.05, 0) is 64.5 Å². The van der Waals surface area contributed by atoms with Gasteiger partial charge in [0.25, 0.3) is 0 Å². The van der Waals surface area contributed by atoms with Crippen molar-refractivity contribution in [2.75, 3.05) is 33.9 Å². The van der Waals surface area contributed by atoms with E-state index >= 15 is 0 Å². The number of aryl methyl sites for hydroxylation is 2. The number of hydrogen-bond acceptors (Lipinski definition) is 3. The number of likely N-dealkylation sites (N-methyl/N-ethyl adjacent to an activating group) is 1. The maximum Gasteiger partial charge on any atom is 0.127 e. The van der Waals surface area contributed by atoms with E-state index in [9.17, 15) is 0 Å². The highest BCUT2D eigenvalue weighted by molar-refractivity contribution is 5.83. The molecule has 0 fully saturated rings. The van der Waals surface area contributed by atoms with Crippen molar-refractivity contribution in [3.63, 3.8) is 0 Å². The van der Waals surface area contributed by atoms with Gasteiger partial charge in [-0.15, -0.1) is 0 Å². The zero-order chi connectivity index (χ0) is 20.8. The van der Waals surface area contributed by atoms with Gasteiger partial charge in [0.05, 0.1) is 6.61 Å². The van der Waals surface area contributed by atoms with Crippen LogP contribution < -0.4 is 4.74 Å². The summed E-state index contributed by atoms with van der Waals surface area (Å²) in [6.07, 6.45) is 6.37. The van der Waals surface area contributed by atoms with Crippen molar-refractivity contribution in [2.45, 2.75) is 33.6 Å². The van der Waals surface area contributed by atoms with Crippen LogP contribution in [0.25, 0.3) is 16.7 Å². The predicted molar refractivity (Wildman–Crippen MR) is 122 cm³/mol. The van der Waals surface area contributed by atoms with Gasteiger partial charge < -0.3 is 14.4 Å². The van der Waals surface area contributed by atoms with Gasteiger partial charge >= 0.3 is 0 Å². The van der Waals surface area contributed by atoms with Crippen molar-refractivity contribution in [2.24, 2.45) is 0 Å². The summed E-state index contributed by atoms with van der Waals surface area (Å²) < 4.78 is 12.2. The molecular formula is C26H33NO2. The van der Waals surface area contributed by atoms with Crippen molar-refractivity contribution in [3.8, 4) is 16.9 Å². The Kier molecular flexibility index (Phi) is 7.16. The van der Waals surface area contributed by atoms with Crippen molar-refractivity contribution in [1.29, 1.82) is 0 Å². The number of benzene rings is 2. The van der Waals surface area contributed by atoms with Crippen molar-refractivity contribution in [1.82, 2.24) is 4.90 Å². The molecule has 0 spiro atoms. The van der Waals surface area contributed by atoms with E-state index in [2.05, 4.69) is 81.4 Å². The van der Waals surface area contributed by atoms with E-state index in [1.165, 1.54) is 22.3 Å². The minimum absolute atomic E-state index is 0.657. The molecule has 0 amide bonds. The van der Waals surface area contributed by atoms with Crippen LogP contribution in [0.5, 0.6) is 5.75 Å². The lowest BCUT2D eigenvalue weighted by molar-refractivity contribution is 0.220. The van der Waals surface area contributed by atoms with Gasteiger partial charge in [0.2, 0.25) is 0 Å². The number of allylic oxidation sites excluding steroid dienone is 4. The summed E-state index contributed by atoms with van der Waals surface area (Å²) in [5.74, 6) is 1.98. The molecule has 0 saturated heterocycles. The third kappa shape index (κ3) is 5.51. The molecule has 0 atom stereocenters. The molecule has 0 bridgehead atoms. The van der Waals surface area contributed by atoms with E-state index in [0.717, 1.165) is 42.0 Å². The maximum absolute atomic E-state index is 6.20. The van der Waals surface area contributed by atoms with Crippen LogP contribution in [0.15, 0.2) is 54.3 Å². The number of hydrogen-bond donors (Lipinski definition) is 0. The molecule has 0 saturated carbocycles. The average Bonchev–Trinajstić information content (AvgIpc) is 2.68. The molecule has 1 aliphatic carbocycles. The van der Waals surface area contributed by atoms with Crippen LogP contribution in [-0.2, 0) is 4.74 Å². The van der Waals surface area contributed by atoms with Crippen LogP contribution in [0.3, 0.4) is 0 Å². The normalized spacial score (nSPS) is 13.9. The zero-order valence-electron chi connectivity index (χ0n) is 18.4. The predicted octanol–water partition coefficient (Wildman–Crippen LogP) is 6.01. The van der Waals surface area contributed by atoms with E-state index in [1.54, 1.807) is 0 Å². The monoisotopic (exact) mass is 391 g/mol. The molecule has 2 aromatic carbocycles. The largest absolute Gasteiger partial charge is 0.498 e. The van der Waals surface area contributed by atoms with Crippen LogP contribution in [-0.4, -0.2) is 38.8 Å². The Balaban J connectivity index is 2.06. The molecule has 0 radical (unpaired) electrons. The van der Waals surface area contributed by atoms with E-state index in [1.807, 2.05) is 6.92 Å². The molecule has 29 heavy (non-hydrogen) atoms. The van der Waals surface area contributed by atoms with Crippen molar-refractivity contribution >= 4 is 5.57 Å². The number of ether oxygens (including phenoxy) is 2. The molecule has 154 valence electrons. The Morgan fingerprint density at radius 3 is 2.38 bits per heavy atom. The van der Waals surface area contributed by atoms with Gasteiger partial charge in [-0.25, -0.2) is 0 Å². The molecule has 0 heterocycles. The lowest BCUT2D eigenvalue weighted by atomic mass is 9.93. The fourth-order valence-corrected chi connectivity index (χ4v) is 3.73. The Labute approximate surface area is 175 Å². The second-order valence-electron chi connectivity index (χ2n) is 7.95. The Hall–Kier alpha value is -2.52. The lowest BCUT2D eigenvalue weighted by Crippen LogP contribution is -2.19. The molecule has 0 unspecified atom stereocenters. The second-order valence-corrected chi connectivity index (χ2v) is 7.95.